The number of urea groups is 1. The molecule has 0 aliphatic heterocycles. The summed E-state index contributed by atoms with van der Waals surface area (Å²) >= 11 is 6.17. The van der Waals surface area contributed by atoms with Crippen LogP contribution in [0.5, 0.6) is 0 Å². The van der Waals surface area contributed by atoms with Crippen molar-refractivity contribution in [1.82, 2.24) is 5.32 Å². The second-order valence-electron chi connectivity index (χ2n) is 5.97. The van der Waals surface area contributed by atoms with Crippen LogP contribution in [0.2, 0.25) is 5.02 Å². The first-order valence-electron chi connectivity index (χ1n) is 8.23. The third kappa shape index (κ3) is 5.69. The summed E-state index contributed by atoms with van der Waals surface area (Å²) in [5, 5.41) is 3.07. The van der Waals surface area contributed by atoms with Gasteiger partial charge in [0.05, 0.1) is 5.71 Å². The zero-order valence-corrected chi connectivity index (χ0v) is 16.9. The normalized spacial score (nSPS) is 12.0. The van der Waals surface area contributed by atoms with E-state index in [1.165, 1.54) is 33.5 Å². The Bertz CT molecular complexity index is 890. The van der Waals surface area contributed by atoms with E-state index >= 15 is 0 Å². The second-order valence-corrected chi connectivity index (χ2v) is 7.11. The summed E-state index contributed by atoms with van der Waals surface area (Å²) in [5.41, 5.74) is -0.126. The second kappa shape index (κ2) is 8.73. The molecule has 142 valence electrons. The topological polar surface area (TPSA) is 41.5 Å². The molecule has 0 heterocycles. The molecule has 0 aliphatic carbocycles. The number of aryl methyl sites for hydroxylation is 1. The fraction of sp³-hybridized carbons (Fsp3) is 0.200. The van der Waals surface area contributed by atoms with Gasteiger partial charge in [0.15, 0.2) is 0 Å². The molecule has 0 aromatic heterocycles. The van der Waals surface area contributed by atoms with E-state index in [1.807, 2.05) is 19.1 Å². The van der Waals surface area contributed by atoms with Crippen molar-refractivity contribution in [2.45, 2.75) is 25.9 Å². The summed E-state index contributed by atoms with van der Waals surface area (Å²) < 4.78 is 26.5. The number of amides is 2. The van der Waals surface area contributed by atoms with Crippen LogP contribution in [0.25, 0.3) is 5.70 Å². The van der Waals surface area contributed by atoms with E-state index in [1.54, 1.807) is 13.0 Å². The Kier molecular flexibility index (Phi) is 6.85. The quantitative estimate of drug-likeness (QED) is 0.477. The van der Waals surface area contributed by atoms with Gasteiger partial charge in [0.1, 0.15) is 0 Å². The van der Waals surface area contributed by atoms with Crippen molar-refractivity contribution in [3.05, 3.63) is 76.3 Å². The summed E-state index contributed by atoms with van der Waals surface area (Å²) in [6.07, 6.45) is 0.827. The van der Waals surface area contributed by atoms with Gasteiger partial charge in [-0.05, 0) is 36.6 Å². The minimum absolute atomic E-state index is 0.132. The molecule has 2 rings (SSSR count). The molecule has 2 aromatic rings. The lowest BCUT2D eigenvalue weighted by molar-refractivity contribution is 0.104. The van der Waals surface area contributed by atoms with Gasteiger partial charge in [-0.3, -0.25) is 0 Å². The van der Waals surface area contributed by atoms with Crippen molar-refractivity contribution in [2.24, 2.45) is 4.99 Å². The van der Waals surface area contributed by atoms with Crippen molar-refractivity contribution in [3.63, 3.8) is 0 Å². The van der Waals surface area contributed by atoms with Gasteiger partial charge >= 0.3 is 6.03 Å². The van der Waals surface area contributed by atoms with Gasteiger partial charge in [0.25, 0.3) is 5.66 Å². The lowest BCUT2D eigenvalue weighted by Crippen LogP contribution is -2.19. The Morgan fingerprint density at radius 1 is 1.26 bits per heavy atom. The maximum atomic E-state index is 13.2. The Balaban J connectivity index is 2.13. The summed E-state index contributed by atoms with van der Waals surface area (Å²) in [7, 11) is 1.49. The standard InChI is InChI=1S/C20H20ClF2N2OP/c1-4-14-5-10-18(21)17(11-14)13(3)25-19(26)24-12(2)15-6-8-16(9-7-15)20(22,23)27/h5-11H,3-4,27H2,1-2H3,(H,25,26)/b24-12+. The highest BCUT2D eigenvalue weighted by atomic mass is 35.5. The molecule has 0 aliphatic rings. The van der Waals surface area contributed by atoms with E-state index in [2.05, 4.69) is 16.9 Å². The first kappa shape index (κ1) is 21.2. The average molecular weight is 409 g/mol. The van der Waals surface area contributed by atoms with Crippen molar-refractivity contribution >= 4 is 38.3 Å². The molecule has 27 heavy (non-hydrogen) atoms. The highest BCUT2D eigenvalue weighted by Gasteiger charge is 2.23. The minimum Gasteiger partial charge on any atom is -0.306 e. The third-order valence-electron chi connectivity index (χ3n) is 3.98. The van der Waals surface area contributed by atoms with Gasteiger partial charge in [0, 0.05) is 21.8 Å². The van der Waals surface area contributed by atoms with E-state index in [0.717, 1.165) is 12.0 Å². The smallest absolute Gasteiger partial charge is 0.306 e. The molecule has 2 amide bonds. The molecule has 1 unspecified atom stereocenters. The van der Waals surface area contributed by atoms with Gasteiger partial charge in [-0.15, -0.1) is 0 Å². The first-order chi connectivity index (χ1) is 12.6. The number of benzene rings is 2. The molecule has 0 radical (unpaired) electrons. The van der Waals surface area contributed by atoms with Crippen molar-refractivity contribution in [1.29, 1.82) is 0 Å². The molecular formula is C20H20ClF2N2OP. The monoisotopic (exact) mass is 408 g/mol. The lowest BCUT2D eigenvalue weighted by Gasteiger charge is -2.11. The van der Waals surface area contributed by atoms with E-state index in [9.17, 15) is 13.6 Å². The zero-order chi connectivity index (χ0) is 20.2. The van der Waals surface area contributed by atoms with Crippen molar-refractivity contribution in [2.75, 3.05) is 0 Å². The van der Waals surface area contributed by atoms with E-state index < -0.39 is 11.7 Å². The molecule has 0 fully saturated rings. The summed E-state index contributed by atoms with van der Waals surface area (Å²) in [6.45, 7) is 7.49. The zero-order valence-electron chi connectivity index (χ0n) is 15.0. The molecule has 3 nitrogen and oxygen atoms in total. The minimum atomic E-state index is -3.00. The molecule has 2 aromatic carbocycles. The number of carbonyl (C=O) groups is 1. The van der Waals surface area contributed by atoms with Crippen LogP contribution in [0, 0.1) is 0 Å². The molecule has 1 atom stereocenters. The average Bonchev–Trinajstić information content (AvgIpc) is 2.61. The highest BCUT2D eigenvalue weighted by molar-refractivity contribution is 7.17. The molecule has 1 N–H and O–H groups in total. The summed E-state index contributed by atoms with van der Waals surface area (Å²) in [4.78, 5) is 16.1. The van der Waals surface area contributed by atoms with Crippen LogP contribution in [0.3, 0.4) is 0 Å². The lowest BCUT2D eigenvalue weighted by atomic mass is 10.1. The van der Waals surface area contributed by atoms with Crippen LogP contribution >= 0.6 is 20.8 Å². The molecule has 7 heteroatoms. The predicted octanol–water partition coefficient (Wildman–Crippen LogP) is 6.02. The predicted molar refractivity (Wildman–Crippen MR) is 111 cm³/mol. The number of nitrogens with zero attached hydrogens (tertiary/aromatic N) is 1. The van der Waals surface area contributed by atoms with Crippen LogP contribution in [0.1, 0.15) is 36.1 Å². The number of rotatable bonds is 5. The fourth-order valence-corrected chi connectivity index (χ4v) is 2.82. The SMILES string of the molecule is C=C(NC(=O)/N=C(\C)c1ccc(C(F)(F)P)cc1)c1cc(CC)ccc1Cl. The van der Waals surface area contributed by atoms with Gasteiger partial charge in [-0.1, -0.05) is 64.7 Å². The van der Waals surface area contributed by atoms with Crippen LogP contribution in [0.15, 0.2) is 54.0 Å². The number of alkyl halides is 2. The van der Waals surface area contributed by atoms with E-state index in [4.69, 9.17) is 11.6 Å². The molecular weight excluding hydrogens is 389 g/mol. The van der Waals surface area contributed by atoms with Gasteiger partial charge in [-0.2, -0.15) is 13.8 Å². The Labute approximate surface area is 164 Å². The molecule has 0 spiro atoms. The van der Waals surface area contributed by atoms with Crippen molar-refractivity contribution in [3.8, 4) is 0 Å². The van der Waals surface area contributed by atoms with Gasteiger partial charge in [0.2, 0.25) is 0 Å². The number of carbonyl (C=O) groups excluding carboxylic acids is 1. The largest absolute Gasteiger partial charge is 0.345 e. The Morgan fingerprint density at radius 3 is 2.44 bits per heavy atom. The van der Waals surface area contributed by atoms with Crippen LogP contribution in [0.4, 0.5) is 13.6 Å². The fourth-order valence-electron chi connectivity index (χ4n) is 2.40. The Hall–Kier alpha value is -2.10. The summed E-state index contributed by atoms with van der Waals surface area (Å²) in [5.74, 6) is 0. The number of hydrogen-bond donors (Lipinski definition) is 1. The van der Waals surface area contributed by atoms with E-state index in [0.29, 0.717) is 27.6 Å². The molecule has 0 saturated heterocycles. The van der Waals surface area contributed by atoms with Gasteiger partial charge in [-0.25, -0.2) is 4.79 Å². The highest BCUT2D eigenvalue weighted by Crippen LogP contribution is 2.34. The van der Waals surface area contributed by atoms with Gasteiger partial charge < -0.3 is 5.32 Å². The number of aliphatic imine (C=N–C) groups is 1. The molecule has 0 bridgehead atoms. The first-order valence-corrected chi connectivity index (χ1v) is 9.19. The van der Waals surface area contributed by atoms with Crippen LogP contribution < -0.4 is 5.32 Å². The van der Waals surface area contributed by atoms with Crippen molar-refractivity contribution < 1.29 is 13.6 Å². The third-order valence-corrected chi connectivity index (χ3v) is 4.64. The van der Waals surface area contributed by atoms with E-state index in [-0.39, 0.29) is 5.56 Å². The maximum absolute atomic E-state index is 13.2. The maximum Gasteiger partial charge on any atom is 0.345 e. The molecule has 0 saturated carbocycles. The van der Waals surface area contributed by atoms with Crippen LogP contribution in [-0.2, 0) is 12.1 Å². The number of hydrogen-bond acceptors (Lipinski definition) is 1. The van der Waals surface area contributed by atoms with Crippen LogP contribution in [-0.4, -0.2) is 11.7 Å². The summed E-state index contributed by atoms with van der Waals surface area (Å²) in [6, 6.07) is 10.5. The number of halogens is 3. The Morgan fingerprint density at radius 2 is 1.89 bits per heavy atom. The number of nitrogens with one attached hydrogen (secondary N) is 1.